The number of nitrogens with zero attached hydrogens (tertiary/aromatic N) is 1. The van der Waals surface area contributed by atoms with Gasteiger partial charge in [0.1, 0.15) is 0 Å². The Kier molecular flexibility index (Phi) is 9.10. The zero-order valence-corrected chi connectivity index (χ0v) is 11.2. The minimum atomic E-state index is -0.370. The highest BCUT2D eigenvalue weighted by Gasteiger charge is 2.13. The van der Waals surface area contributed by atoms with Crippen LogP contribution in [0.5, 0.6) is 0 Å². The zero-order valence-electron chi connectivity index (χ0n) is 9.66. The van der Waals surface area contributed by atoms with E-state index in [0.29, 0.717) is 12.5 Å². The van der Waals surface area contributed by atoms with Crippen molar-refractivity contribution >= 4 is 27.9 Å². The van der Waals surface area contributed by atoms with E-state index in [4.69, 9.17) is 15.4 Å². The summed E-state index contributed by atoms with van der Waals surface area (Å²) in [6, 6.07) is 0. The third kappa shape index (κ3) is 6.90. The van der Waals surface area contributed by atoms with Crippen molar-refractivity contribution in [3.05, 3.63) is 0 Å². The lowest BCUT2D eigenvalue weighted by molar-refractivity contribution is 0.111. The van der Waals surface area contributed by atoms with Crippen LogP contribution in [0.2, 0.25) is 0 Å². The van der Waals surface area contributed by atoms with Crippen LogP contribution >= 0.6 is 21.8 Å². The average molecular weight is 254 g/mol. The fraction of sp³-hybridized carbons (Fsp3) is 0.900. The molecule has 0 aromatic carbocycles. The Balaban J connectivity index is 3.74. The van der Waals surface area contributed by atoms with Gasteiger partial charge in [0, 0.05) is 7.05 Å². The Hall–Kier alpha value is -0.0900. The Labute approximate surface area is 101 Å². The predicted octanol–water partition coefficient (Wildman–Crippen LogP) is 4.07. The van der Waals surface area contributed by atoms with E-state index in [1.807, 2.05) is 0 Å². The van der Waals surface area contributed by atoms with Crippen LogP contribution in [0.15, 0.2) is 0 Å². The molecule has 1 amide bonds. The first-order chi connectivity index (χ1) is 7.15. The first-order valence-corrected chi connectivity index (χ1v) is 6.94. The van der Waals surface area contributed by atoms with Gasteiger partial charge in [0.05, 0.1) is 17.8 Å². The number of ether oxygens (including phenoxy) is 1. The van der Waals surface area contributed by atoms with Gasteiger partial charge in [-0.1, -0.05) is 33.1 Å². The van der Waals surface area contributed by atoms with Crippen LogP contribution < -0.4 is 0 Å². The highest BCUT2D eigenvalue weighted by molar-refractivity contribution is 8.19. The molecule has 0 bridgehead atoms. The summed E-state index contributed by atoms with van der Waals surface area (Å²) in [5.41, 5.74) is 0. The highest BCUT2D eigenvalue weighted by atomic mass is 35.7. The molecule has 3 nitrogen and oxygen atoms in total. The second-order valence-electron chi connectivity index (χ2n) is 3.56. The van der Waals surface area contributed by atoms with Gasteiger partial charge in [-0.3, -0.25) is 0 Å². The summed E-state index contributed by atoms with van der Waals surface area (Å²) in [6.07, 6.45) is 4.17. The maximum atomic E-state index is 11.3. The first kappa shape index (κ1) is 14.9. The van der Waals surface area contributed by atoms with Crippen molar-refractivity contribution in [3.63, 3.8) is 0 Å². The topological polar surface area (TPSA) is 29.5 Å². The maximum absolute atomic E-state index is 11.3. The molecule has 0 N–H and O–H groups in total. The van der Waals surface area contributed by atoms with Gasteiger partial charge in [-0.25, -0.2) is 9.10 Å². The van der Waals surface area contributed by atoms with Gasteiger partial charge < -0.3 is 4.74 Å². The van der Waals surface area contributed by atoms with Crippen molar-refractivity contribution in [2.45, 2.75) is 39.5 Å². The molecule has 0 aliphatic carbocycles. The van der Waals surface area contributed by atoms with Gasteiger partial charge >= 0.3 is 6.09 Å². The van der Waals surface area contributed by atoms with Gasteiger partial charge in [0.25, 0.3) is 0 Å². The summed E-state index contributed by atoms with van der Waals surface area (Å²) in [6.45, 7) is 4.78. The Morgan fingerprint density at radius 1 is 1.53 bits per heavy atom. The van der Waals surface area contributed by atoms with Gasteiger partial charge in [-0.15, -0.1) is 0 Å². The first-order valence-electron chi connectivity index (χ1n) is 5.34. The van der Waals surface area contributed by atoms with Crippen LogP contribution in [0, 0.1) is 5.92 Å². The average Bonchev–Trinajstić information content (AvgIpc) is 2.27. The van der Waals surface area contributed by atoms with Crippen LogP contribution in [0.3, 0.4) is 0 Å². The fourth-order valence-electron chi connectivity index (χ4n) is 1.21. The monoisotopic (exact) mass is 253 g/mol. The summed E-state index contributed by atoms with van der Waals surface area (Å²) in [5.74, 6) is 0.475. The van der Waals surface area contributed by atoms with Crippen molar-refractivity contribution in [2.24, 2.45) is 5.92 Å². The van der Waals surface area contributed by atoms with Crippen LogP contribution in [0.4, 0.5) is 4.79 Å². The predicted molar refractivity (Wildman–Crippen MR) is 65.9 cm³/mol. The third-order valence-electron chi connectivity index (χ3n) is 2.35. The van der Waals surface area contributed by atoms with E-state index in [0.717, 1.165) is 24.0 Å². The SMILES string of the molecule is CCCCC(CC)COC(=O)N(C)SCl. The van der Waals surface area contributed by atoms with E-state index in [1.165, 1.54) is 17.1 Å². The third-order valence-corrected chi connectivity index (χ3v) is 3.32. The van der Waals surface area contributed by atoms with Crippen molar-refractivity contribution in [3.8, 4) is 0 Å². The van der Waals surface area contributed by atoms with E-state index in [-0.39, 0.29) is 6.09 Å². The van der Waals surface area contributed by atoms with Crippen LogP contribution in [-0.2, 0) is 4.74 Å². The van der Waals surface area contributed by atoms with E-state index in [1.54, 1.807) is 7.05 Å². The number of hydrogen-bond donors (Lipinski definition) is 0. The summed E-state index contributed by atoms with van der Waals surface area (Å²) >= 11 is 0.841. The van der Waals surface area contributed by atoms with Crippen LogP contribution in [0.25, 0.3) is 0 Å². The molecule has 0 saturated heterocycles. The van der Waals surface area contributed by atoms with Crippen molar-refractivity contribution in [1.82, 2.24) is 4.31 Å². The second kappa shape index (κ2) is 9.16. The standard InChI is InChI=1S/C10H20ClNO2S/c1-4-6-7-9(5-2)8-14-10(13)12(3)15-11/h9H,4-8H2,1-3H3. The largest absolute Gasteiger partial charge is 0.448 e. The molecular formula is C10H20ClNO2S. The number of rotatable bonds is 7. The highest BCUT2D eigenvalue weighted by Crippen LogP contribution is 2.16. The van der Waals surface area contributed by atoms with E-state index >= 15 is 0 Å². The van der Waals surface area contributed by atoms with Gasteiger partial charge in [0.2, 0.25) is 0 Å². The number of carbonyl (C=O) groups excluding carboxylic acids is 1. The molecule has 0 fully saturated rings. The molecule has 0 aliphatic heterocycles. The molecule has 1 atom stereocenters. The normalized spacial score (nSPS) is 12.3. The van der Waals surface area contributed by atoms with Crippen LogP contribution in [0.1, 0.15) is 39.5 Å². The van der Waals surface area contributed by atoms with Crippen molar-refractivity contribution in [2.75, 3.05) is 13.7 Å². The minimum Gasteiger partial charge on any atom is -0.448 e. The summed E-state index contributed by atoms with van der Waals surface area (Å²) in [7, 11) is 7.01. The van der Waals surface area contributed by atoms with Crippen LogP contribution in [-0.4, -0.2) is 24.1 Å². The van der Waals surface area contributed by atoms with Crippen molar-refractivity contribution in [1.29, 1.82) is 0 Å². The molecule has 0 rings (SSSR count). The summed E-state index contributed by atoms with van der Waals surface area (Å²) < 4.78 is 6.40. The van der Waals surface area contributed by atoms with E-state index in [2.05, 4.69) is 13.8 Å². The van der Waals surface area contributed by atoms with Gasteiger partial charge in [-0.2, -0.15) is 0 Å². The quantitative estimate of drug-likeness (QED) is 0.641. The molecule has 90 valence electrons. The number of carbonyl (C=O) groups is 1. The summed E-state index contributed by atoms with van der Waals surface area (Å²) in [4.78, 5) is 11.3. The zero-order chi connectivity index (χ0) is 11.7. The second-order valence-corrected chi connectivity index (χ2v) is 4.66. The molecular weight excluding hydrogens is 234 g/mol. The van der Waals surface area contributed by atoms with Gasteiger partial charge in [-0.05, 0) is 23.0 Å². The molecule has 0 heterocycles. The molecule has 0 aromatic rings. The lowest BCUT2D eigenvalue weighted by Crippen LogP contribution is -2.22. The number of halogens is 1. The van der Waals surface area contributed by atoms with E-state index < -0.39 is 0 Å². The minimum absolute atomic E-state index is 0.370. The molecule has 15 heavy (non-hydrogen) atoms. The fourth-order valence-corrected chi connectivity index (χ4v) is 1.48. The molecule has 1 unspecified atom stereocenters. The molecule has 0 radical (unpaired) electrons. The molecule has 5 heteroatoms. The molecule has 0 spiro atoms. The Bertz CT molecular complexity index is 181. The number of amides is 1. The lowest BCUT2D eigenvalue weighted by atomic mass is 10.0. The van der Waals surface area contributed by atoms with Crippen molar-refractivity contribution < 1.29 is 9.53 Å². The summed E-state index contributed by atoms with van der Waals surface area (Å²) in [5, 5.41) is 0. The maximum Gasteiger partial charge on any atom is 0.420 e. The smallest absolute Gasteiger partial charge is 0.420 e. The molecule has 0 saturated carbocycles. The molecule has 0 aliphatic rings. The number of hydrogen-bond acceptors (Lipinski definition) is 3. The van der Waals surface area contributed by atoms with Gasteiger partial charge in [0.15, 0.2) is 0 Å². The lowest BCUT2D eigenvalue weighted by Gasteiger charge is -2.17. The number of unbranched alkanes of at least 4 members (excludes halogenated alkanes) is 1. The van der Waals surface area contributed by atoms with E-state index in [9.17, 15) is 4.79 Å². The Morgan fingerprint density at radius 2 is 2.20 bits per heavy atom. The molecule has 0 aromatic heterocycles. The Morgan fingerprint density at radius 3 is 2.67 bits per heavy atom.